The molecule has 29 heavy (non-hydrogen) atoms. The van der Waals surface area contributed by atoms with E-state index in [4.69, 9.17) is 5.73 Å². The first kappa shape index (κ1) is 20.6. The topological polar surface area (TPSA) is 91.4 Å². The van der Waals surface area contributed by atoms with Crippen molar-refractivity contribution in [1.82, 2.24) is 4.90 Å². The Morgan fingerprint density at radius 3 is 2.52 bits per heavy atom. The van der Waals surface area contributed by atoms with Crippen LogP contribution >= 0.6 is 11.8 Å². The van der Waals surface area contributed by atoms with Crippen LogP contribution in [-0.2, 0) is 16.1 Å². The minimum atomic E-state index is -0.565. The first-order chi connectivity index (χ1) is 13.9. The lowest BCUT2D eigenvalue weighted by atomic mass is 10.2. The molecule has 1 aliphatic heterocycles. The van der Waals surface area contributed by atoms with Crippen molar-refractivity contribution < 1.29 is 9.59 Å². The van der Waals surface area contributed by atoms with E-state index in [0.29, 0.717) is 0 Å². The summed E-state index contributed by atoms with van der Waals surface area (Å²) < 4.78 is 0. The molecule has 1 unspecified atom stereocenters. The van der Waals surface area contributed by atoms with E-state index >= 15 is 0 Å². The van der Waals surface area contributed by atoms with E-state index < -0.39 is 5.25 Å². The molecule has 0 bridgehead atoms. The van der Waals surface area contributed by atoms with E-state index in [9.17, 15) is 9.59 Å². The van der Waals surface area contributed by atoms with Crippen molar-refractivity contribution >= 4 is 40.6 Å². The number of anilines is 1. The number of carbonyl (C=O) groups excluding carboxylic acids is 2. The zero-order valence-corrected chi connectivity index (χ0v) is 17.2. The van der Waals surface area contributed by atoms with Crippen LogP contribution < -0.4 is 10.6 Å². The fourth-order valence-electron chi connectivity index (χ4n) is 2.86. The number of thioether (sulfide) groups is 1. The SMILES string of the molecule is CN(C)c1ccc(/C=N/N=C(\N)SC2CC(=O)N(Cc3ccccc3)C2=O)cc1. The maximum absolute atomic E-state index is 12.6. The van der Waals surface area contributed by atoms with Gasteiger partial charge >= 0.3 is 0 Å². The lowest BCUT2D eigenvalue weighted by Crippen LogP contribution is -2.31. The molecule has 2 aromatic rings. The normalized spacial score (nSPS) is 17.4. The van der Waals surface area contributed by atoms with Gasteiger partial charge in [0.1, 0.15) is 5.25 Å². The highest BCUT2D eigenvalue weighted by atomic mass is 32.2. The van der Waals surface area contributed by atoms with E-state index in [1.165, 1.54) is 4.90 Å². The van der Waals surface area contributed by atoms with E-state index in [1.54, 1.807) is 6.21 Å². The van der Waals surface area contributed by atoms with Crippen molar-refractivity contribution in [2.24, 2.45) is 15.9 Å². The van der Waals surface area contributed by atoms with Crippen LogP contribution in [0.2, 0.25) is 0 Å². The Labute approximate surface area is 174 Å². The molecule has 2 amide bonds. The zero-order chi connectivity index (χ0) is 20.8. The molecule has 150 valence electrons. The summed E-state index contributed by atoms with van der Waals surface area (Å²) in [5, 5.41) is 7.51. The van der Waals surface area contributed by atoms with Crippen molar-refractivity contribution in [3.05, 3.63) is 65.7 Å². The highest BCUT2D eigenvalue weighted by Gasteiger charge is 2.39. The molecule has 0 aliphatic carbocycles. The molecular weight excluding hydrogens is 386 g/mol. The van der Waals surface area contributed by atoms with Crippen molar-refractivity contribution in [3.63, 3.8) is 0 Å². The molecule has 0 aromatic heterocycles. The standard InChI is InChI=1S/C21H23N5O2S/c1-25(2)17-10-8-15(9-11-17)13-23-24-21(22)29-18-12-19(27)26(20(18)28)14-16-6-4-3-5-7-16/h3-11,13,18H,12,14H2,1-2H3,(H2,22,24)/b23-13+. The number of likely N-dealkylation sites (tertiary alicyclic amines) is 1. The Hall–Kier alpha value is -3.13. The molecule has 1 fully saturated rings. The molecule has 7 nitrogen and oxygen atoms in total. The number of benzene rings is 2. The van der Waals surface area contributed by atoms with Gasteiger partial charge in [-0.25, -0.2) is 0 Å². The number of rotatable bonds is 6. The van der Waals surface area contributed by atoms with Crippen LogP contribution in [0.4, 0.5) is 5.69 Å². The Balaban J connectivity index is 1.57. The number of nitrogens with two attached hydrogens (primary N) is 1. The van der Waals surface area contributed by atoms with Crippen LogP contribution in [0.3, 0.4) is 0 Å². The average molecular weight is 410 g/mol. The van der Waals surface area contributed by atoms with Gasteiger partial charge in [-0.3, -0.25) is 14.5 Å². The summed E-state index contributed by atoms with van der Waals surface area (Å²) in [4.78, 5) is 28.1. The molecule has 3 rings (SSSR count). The number of amides is 2. The molecular formula is C21H23N5O2S. The second kappa shape index (κ2) is 9.38. The predicted octanol–water partition coefficient (Wildman–Crippen LogP) is 2.46. The summed E-state index contributed by atoms with van der Waals surface area (Å²) in [6, 6.07) is 17.2. The number of amidine groups is 1. The Morgan fingerprint density at radius 1 is 1.17 bits per heavy atom. The summed E-state index contributed by atoms with van der Waals surface area (Å²) in [6.45, 7) is 0.272. The van der Waals surface area contributed by atoms with Crippen LogP contribution in [0.15, 0.2) is 64.8 Å². The largest absolute Gasteiger partial charge is 0.378 e. The number of imide groups is 1. The van der Waals surface area contributed by atoms with Gasteiger partial charge in [0.05, 0.1) is 12.8 Å². The molecule has 0 radical (unpaired) electrons. The molecule has 8 heteroatoms. The third-order valence-electron chi connectivity index (χ3n) is 4.42. The second-order valence-corrected chi connectivity index (χ2v) is 8.01. The fraction of sp³-hybridized carbons (Fsp3) is 0.238. The molecule has 0 spiro atoms. The van der Waals surface area contributed by atoms with Gasteiger partial charge in [0.2, 0.25) is 11.8 Å². The molecule has 0 saturated carbocycles. The number of carbonyl (C=O) groups is 2. The van der Waals surface area contributed by atoms with Crippen LogP contribution in [0.5, 0.6) is 0 Å². The van der Waals surface area contributed by atoms with Crippen LogP contribution in [-0.4, -0.2) is 47.4 Å². The van der Waals surface area contributed by atoms with E-state index in [-0.39, 0.29) is 29.9 Å². The maximum atomic E-state index is 12.6. The summed E-state index contributed by atoms with van der Waals surface area (Å²) in [5.74, 6) is -0.445. The lowest BCUT2D eigenvalue weighted by molar-refractivity contribution is -0.138. The molecule has 1 aliphatic rings. The van der Waals surface area contributed by atoms with E-state index in [0.717, 1.165) is 28.6 Å². The smallest absolute Gasteiger partial charge is 0.243 e. The number of hydrogen-bond donors (Lipinski definition) is 1. The third kappa shape index (κ3) is 5.45. The summed E-state index contributed by atoms with van der Waals surface area (Å²) in [7, 11) is 3.95. The van der Waals surface area contributed by atoms with Gasteiger partial charge in [-0.05, 0) is 23.3 Å². The van der Waals surface area contributed by atoms with Gasteiger partial charge in [-0.1, -0.05) is 54.2 Å². The van der Waals surface area contributed by atoms with Gasteiger partial charge in [-0.2, -0.15) is 5.10 Å². The van der Waals surface area contributed by atoms with Gasteiger partial charge in [-0.15, -0.1) is 5.10 Å². The molecule has 1 saturated heterocycles. The van der Waals surface area contributed by atoms with Crippen LogP contribution in [0, 0.1) is 0 Å². The van der Waals surface area contributed by atoms with Gasteiger partial charge in [0, 0.05) is 26.2 Å². The highest BCUT2D eigenvalue weighted by Crippen LogP contribution is 2.26. The van der Waals surface area contributed by atoms with Gasteiger partial charge in [0.25, 0.3) is 0 Å². The zero-order valence-electron chi connectivity index (χ0n) is 16.4. The van der Waals surface area contributed by atoms with Crippen LogP contribution in [0.25, 0.3) is 0 Å². The Bertz CT molecular complexity index is 926. The van der Waals surface area contributed by atoms with Crippen molar-refractivity contribution in [2.45, 2.75) is 18.2 Å². The minimum Gasteiger partial charge on any atom is -0.378 e. The molecule has 2 aromatic carbocycles. The number of nitrogens with zero attached hydrogens (tertiary/aromatic N) is 4. The summed E-state index contributed by atoms with van der Waals surface area (Å²) >= 11 is 1.07. The molecule has 2 N–H and O–H groups in total. The van der Waals surface area contributed by atoms with Crippen molar-refractivity contribution in [3.8, 4) is 0 Å². The lowest BCUT2D eigenvalue weighted by Gasteiger charge is -2.14. The van der Waals surface area contributed by atoms with Crippen LogP contribution in [0.1, 0.15) is 17.5 Å². The quantitative estimate of drug-likeness (QED) is 0.342. The Morgan fingerprint density at radius 2 is 1.86 bits per heavy atom. The third-order valence-corrected chi connectivity index (χ3v) is 5.40. The highest BCUT2D eigenvalue weighted by molar-refractivity contribution is 8.14. The van der Waals surface area contributed by atoms with E-state index in [2.05, 4.69) is 10.2 Å². The van der Waals surface area contributed by atoms with Gasteiger partial charge in [0.15, 0.2) is 5.17 Å². The van der Waals surface area contributed by atoms with Crippen molar-refractivity contribution in [2.75, 3.05) is 19.0 Å². The fourth-order valence-corrected chi connectivity index (χ4v) is 3.70. The summed E-state index contributed by atoms with van der Waals surface area (Å²) in [5.41, 5.74) is 8.78. The second-order valence-electron chi connectivity index (χ2n) is 6.78. The first-order valence-electron chi connectivity index (χ1n) is 9.12. The molecule has 1 atom stereocenters. The van der Waals surface area contributed by atoms with E-state index in [1.807, 2.05) is 73.6 Å². The monoisotopic (exact) mass is 409 g/mol. The van der Waals surface area contributed by atoms with Crippen molar-refractivity contribution in [1.29, 1.82) is 0 Å². The minimum absolute atomic E-state index is 0.113. The number of hydrogen-bond acceptors (Lipinski definition) is 6. The predicted molar refractivity (Wildman–Crippen MR) is 118 cm³/mol. The van der Waals surface area contributed by atoms with Gasteiger partial charge < -0.3 is 10.6 Å². The summed E-state index contributed by atoms with van der Waals surface area (Å²) in [6.07, 6.45) is 1.71. The molecule has 1 heterocycles. The first-order valence-corrected chi connectivity index (χ1v) is 10.0. The Kier molecular flexibility index (Phi) is 6.66. The maximum Gasteiger partial charge on any atom is 0.243 e. The average Bonchev–Trinajstić information content (AvgIpc) is 2.96.